The topological polar surface area (TPSA) is 105 Å². The molecule has 0 aliphatic carbocycles. The Morgan fingerprint density at radius 1 is 1.03 bits per heavy atom. The van der Waals surface area contributed by atoms with Gasteiger partial charge < -0.3 is 4.98 Å². The van der Waals surface area contributed by atoms with Crippen molar-refractivity contribution in [2.75, 3.05) is 4.72 Å². The number of fused-ring (bicyclic) bond motifs is 1. The van der Waals surface area contributed by atoms with Crippen LogP contribution >= 0.6 is 0 Å². The number of sulfonamides is 1. The van der Waals surface area contributed by atoms with Gasteiger partial charge in [-0.2, -0.15) is 4.39 Å². The molecule has 178 valence electrons. The number of hydrogen-bond donors (Lipinski definition) is 2. The van der Waals surface area contributed by atoms with Crippen LogP contribution in [-0.2, 0) is 10.0 Å². The normalized spacial score (nSPS) is 11.8. The Morgan fingerprint density at radius 3 is 2.57 bits per heavy atom. The largest absolute Gasteiger partial charge is 0.343 e. The summed E-state index contributed by atoms with van der Waals surface area (Å²) in [5.74, 6) is -4.06. The van der Waals surface area contributed by atoms with E-state index in [1.807, 2.05) is 4.72 Å². The minimum absolute atomic E-state index is 0.0365. The molecule has 2 N–H and O–H groups in total. The van der Waals surface area contributed by atoms with E-state index in [9.17, 15) is 17.2 Å². The van der Waals surface area contributed by atoms with Gasteiger partial charge in [0.15, 0.2) is 11.6 Å². The summed E-state index contributed by atoms with van der Waals surface area (Å²) in [4.78, 5) is 14.1. The number of aryl methyl sites for hydroxylation is 1. The summed E-state index contributed by atoms with van der Waals surface area (Å²) < 4.78 is 87.5. The highest BCUT2D eigenvalue weighted by atomic mass is 32.2. The van der Waals surface area contributed by atoms with Crippen molar-refractivity contribution in [3.63, 3.8) is 0 Å². The Morgan fingerprint density at radius 2 is 1.83 bits per heavy atom. The molecule has 0 fully saturated rings. The van der Waals surface area contributed by atoms with E-state index in [1.165, 1.54) is 19.2 Å². The number of anilines is 1. The quantitative estimate of drug-likeness (QED) is 0.273. The molecule has 1 aromatic carbocycles. The summed E-state index contributed by atoms with van der Waals surface area (Å²) in [7, 11) is -4.50. The van der Waals surface area contributed by atoms with Crippen molar-refractivity contribution in [1.29, 1.82) is 0 Å². The summed E-state index contributed by atoms with van der Waals surface area (Å²) in [6.45, 7) is 1.33. The first kappa shape index (κ1) is 22.5. The molecular weight excluding hydrogens is 488 g/mol. The zero-order valence-corrected chi connectivity index (χ0v) is 18.5. The van der Waals surface area contributed by atoms with Gasteiger partial charge in [-0.15, -0.1) is 0 Å². The minimum atomic E-state index is -4.50. The highest BCUT2D eigenvalue weighted by Gasteiger charge is 2.25. The molecule has 4 heterocycles. The van der Waals surface area contributed by atoms with Gasteiger partial charge in [-0.05, 0) is 37.3 Å². The molecule has 4 aromatic heterocycles. The summed E-state index contributed by atoms with van der Waals surface area (Å²) in [6.07, 6.45) is 5.01. The molecule has 13 heteroatoms. The van der Waals surface area contributed by atoms with Gasteiger partial charge in [-0.1, -0.05) is 0 Å². The van der Waals surface area contributed by atoms with Crippen LogP contribution in [0.1, 0.15) is 5.69 Å². The van der Waals surface area contributed by atoms with E-state index in [1.54, 1.807) is 6.20 Å². The van der Waals surface area contributed by atoms with Crippen LogP contribution in [0.15, 0.2) is 60.1 Å². The summed E-state index contributed by atoms with van der Waals surface area (Å²) in [6, 6.07) is 4.91. The number of benzene rings is 1. The highest BCUT2D eigenvalue weighted by Crippen LogP contribution is 2.35. The smallest absolute Gasteiger partial charge is 0.263 e. The number of hydrogen-bond acceptors (Lipinski definition) is 5. The molecule has 35 heavy (non-hydrogen) atoms. The van der Waals surface area contributed by atoms with Crippen molar-refractivity contribution in [2.24, 2.45) is 0 Å². The minimum Gasteiger partial charge on any atom is -0.343 e. The van der Waals surface area contributed by atoms with Gasteiger partial charge in [0.05, 0.1) is 28.7 Å². The van der Waals surface area contributed by atoms with E-state index in [0.717, 1.165) is 41.2 Å². The highest BCUT2D eigenvalue weighted by molar-refractivity contribution is 7.92. The summed E-state index contributed by atoms with van der Waals surface area (Å²) >= 11 is 0. The van der Waals surface area contributed by atoms with Crippen molar-refractivity contribution in [1.82, 2.24) is 24.3 Å². The molecule has 0 radical (unpaired) electrons. The number of H-pyrrole nitrogens is 1. The molecule has 5 aromatic rings. The third-order valence-corrected chi connectivity index (χ3v) is 6.75. The Bertz CT molecular complexity index is 1700. The second-order valence-corrected chi connectivity index (χ2v) is 9.10. The predicted molar refractivity (Wildman–Crippen MR) is 118 cm³/mol. The molecule has 5 rings (SSSR count). The number of nitrogens with one attached hydrogen (secondary N) is 2. The second-order valence-electron chi connectivity index (χ2n) is 7.45. The monoisotopic (exact) mass is 502 g/mol. The van der Waals surface area contributed by atoms with E-state index >= 15 is 8.78 Å². The van der Waals surface area contributed by atoms with Crippen LogP contribution in [0, 0.1) is 30.3 Å². The average Bonchev–Trinajstić information content (AvgIpc) is 3.49. The number of rotatable bonds is 5. The Kier molecular flexibility index (Phi) is 5.28. The fourth-order valence-corrected chi connectivity index (χ4v) is 4.90. The van der Waals surface area contributed by atoms with Crippen LogP contribution in [0.5, 0.6) is 0 Å². The van der Waals surface area contributed by atoms with E-state index in [2.05, 4.69) is 19.9 Å². The first-order valence-electron chi connectivity index (χ1n) is 9.96. The molecule has 0 aliphatic heterocycles. The predicted octanol–water partition coefficient (Wildman–Crippen LogP) is 4.45. The molecular formula is C22H14F4N6O2S. The number of aromatic amines is 1. The summed E-state index contributed by atoms with van der Waals surface area (Å²) in [5, 5.41) is 0. The lowest BCUT2D eigenvalue weighted by Gasteiger charge is -2.14. The van der Waals surface area contributed by atoms with Crippen molar-refractivity contribution in [3.8, 4) is 22.6 Å². The van der Waals surface area contributed by atoms with E-state index in [4.69, 9.17) is 0 Å². The molecule has 0 atom stereocenters. The average molecular weight is 502 g/mol. The number of imidazole rings is 2. The lowest BCUT2D eigenvalue weighted by molar-refractivity contribution is 0.558. The third kappa shape index (κ3) is 3.79. The Hall–Kier alpha value is -4.26. The van der Waals surface area contributed by atoms with Gasteiger partial charge in [-0.3, -0.25) is 14.1 Å². The van der Waals surface area contributed by atoms with Gasteiger partial charge in [0.25, 0.3) is 10.0 Å². The fourth-order valence-electron chi connectivity index (χ4n) is 3.64. The first-order chi connectivity index (χ1) is 16.7. The Labute approximate surface area is 195 Å². The standard InChI is InChI=1S/C22H14F4N6O2S/c1-11-17(8-12(23)9-29-11)35(33,34)31-15-4-3-14(24)18(19(15)25)13-2-5-16-20(22-27-6-7-28-22)30-10-32(16)21(13)26/h2-10,31H,1H3,(H,27,28). The maximum atomic E-state index is 15.4. The van der Waals surface area contributed by atoms with Gasteiger partial charge in [0, 0.05) is 18.0 Å². The second kappa shape index (κ2) is 8.20. The van der Waals surface area contributed by atoms with Crippen LogP contribution < -0.4 is 4.72 Å². The zero-order chi connectivity index (χ0) is 24.9. The lowest BCUT2D eigenvalue weighted by atomic mass is 10.0. The van der Waals surface area contributed by atoms with Crippen molar-refractivity contribution < 1.29 is 26.0 Å². The lowest BCUT2D eigenvalue weighted by Crippen LogP contribution is -2.16. The van der Waals surface area contributed by atoms with Crippen LogP contribution in [-0.4, -0.2) is 32.8 Å². The van der Waals surface area contributed by atoms with E-state index < -0.39 is 55.1 Å². The van der Waals surface area contributed by atoms with Crippen molar-refractivity contribution in [2.45, 2.75) is 11.8 Å². The molecule has 0 saturated heterocycles. The van der Waals surface area contributed by atoms with E-state index in [-0.39, 0.29) is 11.2 Å². The molecule has 0 amide bonds. The summed E-state index contributed by atoms with van der Waals surface area (Å²) in [5.41, 5.74) is -1.36. The Balaban J connectivity index is 1.60. The molecule has 0 saturated carbocycles. The maximum Gasteiger partial charge on any atom is 0.263 e. The van der Waals surface area contributed by atoms with Crippen LogP contribution in [0.4, 0.5) is 23.2 Å². The zero-order valence-electron chi connectivity index (χ0n) is 17.7. The first-order valence-corrected chi connectivity index (χ1v) is 11.4. The number of pyridine rings is 2. The van der Waals surface area contributed by atoms with Crippen molar-refractivity contribution in [3.05, 3.63) is 84.3 Å². The van der Waals surface area contributed by atoms with E-state index in [0.29, 0.717) is 11.5 Å². The van der Waals surface area contributed by atoms with Gasteiger partial charge in [-0.25, -0.2) is 31.6 Å². The number of halogens is 4. The molecule has 8 nitrogen and oxygen atoms in total. The van der Waals surface area contributed by atoms with Gasteiger partial charge in [0.2, 0.25) is 5.95 Å². The number of aromatic nitrogens is 5. The SMILES string of the molecule is Cc1ncc(F)cc1S(=O)(=O)Nc1ccc(F)c(-c2ccc3c(-c4ncc[nH]4)ncn3c2F)c1F. The van der Waals surface area contributed by atoms with Crippen LogP contribution in [0.3, 0.4) is 0 Å². The molecule has 0 unspecified atom stereocenters. The number of nitrogens with zero attached hydrogens (tertiary/aromatic N) is 4. The molecule has 0 bridgehead atoms. The maximum absolute atomic E-state index is 15.4. The molecule has 0 aliphatic rings. The fraction of sp³-hybridized carbons (Fsp3) is 0.0455. The van der Waals surface area contributed by atoms with Crippen LogP contribution in [0.2, 0.25) is 0 Å². The van der Waals surface area contributed by atoms with Crippen molar-refractivity contribution >= 4 is 21.2 Å². The van der Waals surface area contributed by atoms with Gasteiger partial charge in [0.1, 0.15) is 28.6 Å². The molecule has 0 spiro atoms. The van der Waals surface area contributed by atoms with Gasteiger partial charge >= 0.3 is 0 Å². The third-order valence-electron chi connectivity index (χ3n) is 5.27. The van der Waals surface area contributed by atoms with Crippen LogP contribution in [0.25, 0.3) is 28.2 Å².